The summed E-state index contributed by atoms with van der Waals surface area (Å²) < 4.78 is 36.9. The number of rotatable bonds is 11. The van der Waals surface area contributed by atoms with Crippen molar-refractivity contribution in [2.24, 2.45) is 13.0 Å². The summed E-state index contributed by atoms with van der Waals surface area (Å²) in [6, 6.07) is 13.7. The third-order valence-electron chi connectivity index (χ3n) is 7.97. The first-order valence-electron chi connectivity index (χ1n) is 13.7. The van der Waals surface area contributed by atoms with Gasteiger partial charge in [0.25, 0.3) is 0 Å². The topological polar surface area (TPSA) is 65.2 Å². The Hall–Kier alpha value is -3.40. The van der Waals surface area contributed by atoms with Gasteiger partial charge in [0.2, 0.25) is 0 Å². The summed E-state index contributed by atoms with van der Waals surface area (Å²) in [6.07, 6.45) is 4.14. The van der Waals surface area contributed by atoms with Crippen LogP contribution in [0.1, 0.15) is 29.2 Å². The van der Waals surface area contributed by atoms with E-state index in [1.165, 1.54) is 6.07 Å². The van der Waals surface area contributed by atoms with Crippen LogP contribution in [0.2, 0.25) is 0 Å². The summed E-state index contributed by atoms with van der Waals surface area (Å²) in [5, 5.41) is 9.19. The van der Waals surface area contributed by atoms with Gasteiger partial charge in [0, 0.05) is 69.7 Å². The van der Waals surface area contributed by atoms with Crippen LogP contribution in [0.4, 0.5) is 8.78 Å². The fraction of sp³-hybridized carbons (Fsp3) is 0.387. The van der Waals surface area contributed by atoms with Gasteiger partial charge in [-0.05, 0) is 48.2 Å². The average molecular weight is 582 g/mol. The Bertz CT molecular complexity index is 1510. The van der Waals surface area contributed by atoms with E-state index in [-0.39, 0.29) is 36.5 Å². The molecule has 1 aliphatic heterocycles. The van der Waals surface area contributed by atoms with Gasteiger partial charge in [-0.2, -0.15) is 10.2 Å². The number of aryl methyl sites for hydroxylation is 1. The minimum atomic E-state index is -0.887. The minimum absolute atomic E-state index is 0.0432. The smallest absolute Gasteiger partial charge is 0.159 e. The van der Waals surface area contributed by atoms with Crippen LogP contribution in [0.5, 0.6) is 0 Å². The van der Waals surface area contributed by atoms with E-state index in [1.54, 1.807) is 24.1 Å². The van der Waals surface area contributed by atoms with Crippen molar-refractivity contribution in [2.75, 3.05) is 32.7 Å². The molecule has 0 saturated carbocycles. The van der Waals surface area contributed by atoms with Gasteiger partial charge in [-0.1, -0.05) is 24.3 Å². The molecule has 2 aromatic heterocycles. The SMILES string of the molecule is COCC(CCl)N1C[C@@H](CC(=O)Cc2c(C)c(-c3cnn(C)c3)nn2-c2ccccc2)[C@H](c2ccc(F)c(F)c2)C1. The Morgan fingerprint density at radius 2 is 1.93 bits per heavy atom. The van der Waals surface area contributed by atoms with Crippen molar-refractivity contribution >= 4 is 17.4 Å². The molecule has 216 valence electrons. The zero-order valence-electron chi connectivity index (χ0n) is 23.4. The number of ether oxygens (including phenoxy) is 1. The molecule has 0 radical (unpaired) electrons. The molecule has 0 bridgehead atoms. The highest BCUT2D eigenvalue weighted by Crippen LogP contribution is 2.37. The standard InChI is InChI=1S/C31H34ClF2N5O2/c1-20-30(39(24-7-5-4-6-8-24)36-31(20)23-15-35-37(2)16-23)13-26(40)11-22-17-38(25(14-32)19-41-3)18-27(22)21-9-10-28(33)29(34)12-21/h4-10,12,15-16,22,25,27H,11,13-14,17-19H2,1-3H3/t22-,25?,27+/m1/s1. The monoisotopic (exact) mass is 581 g/mol. The number of hydrogen-bond acceptors (Lipinski definition) is 5. The summed E-state index contributed by atoms with van der Waals surface area (Å²) in [6.45, 7) is 3.61. The van der Waals surface area contributed by atoms with Crippen molar-refractivity contribution in [1.82, 2.24) is 24.5 Å². The lowest BCUT2D eigenvalue weighted by atomic mass is 9.85. The van der Waals surface area contributed by atoms with E-state index < -0.39 is 11.6 Å². The average Bonchev–Trinajstić information content (AvgIpc) is 3.67. The second-order valence-corrected chi connectivity index (χ2v) is 11.1. The van der Waals surface area contributed by atoms with E-state index in [2.05, 4.69) is 10.00 Å². The molecular weight excluding hydrogens is 548 g/mol. The van der Waals surface area contributed by atoms with Gasteiger partial charge in [0.05, 0.1) is 29.9 Å². The lowest BCUT2D eigenvalue weighted by Crippen LogP contribution is -2.38. The fourth-order valence-corrected chi connectivity index (χ4v) is 6.14. The third-order valence-corrected chi connectivity index (χ3v) is 8.33. The van der Waals surface area contributed by atoms with Crippen LogP contribution in [-0.2, 0) is 23.0 Å². The van der Waals surface area contributed by atoms with Crippen LogP contribution in [0, 0.1) is 24.5 Å². The van der Waals surface area contributed by atoms with Gasteiger partial charge in [0.1, 0.15) is 5.78 Å². The summed E-state index contributed by atoms with van der Waals surface area (Å²) >= 11 is 6.26. The normalized spacial score (nSPS) is 18.2. The van der Waals surface area contributed by atoms with Gasteiger partial charge < -0.3 is 4.74 Å². The number of carbonyl (C=O) groups excluding carboxylic acids is 1. The van der Waals surface area contributed by atoms with E-state index >= 15 is 0 Å². The van der Waals surface area contributed by atoms with Crippen molar-refractivity contribution in [3.05, 3.63) is 89.4 Å². The number of Topliss-reactive ketones (excluding diaryl/α,β-unsaturated/α-hetero) is 1. The molecule has 1 fully saturated rings. The Labute approximate surface area is 243 Å². The van der Waals surface area contributed by atoms with Crippen molar-refractivity contribution in [3.63, 3.8) is 0 Å². The Morgan fingerprint density at radius 3 is 2.59 bits per heavy atom. The van der Waals surface area contributed by atoms with E-state index in [0.717, 1.165) is 34.3 Å². The molecule has 3 heterocycles. The molecule has 0 amide bonds. The van der Waals surface area contributed by atoms with Crippen LogP contribution in [0.15, 0.2) is 60.9 Å². The summed E-state index contributed by atoms with van der Waals surface area (Å²) in [5.74, 6) is -1.60. The maximum atomic E-state index is 14.2. The van der Waals surface area contributed by atoms with E-state index in [0.29, 0.717) is 31.1 Å². The molecule has 2 aromatic carbocycles. The van der Waals surface area contributed by atoms with Crippen LogP contribution in [0.25, 0.3) is 16.9 Å². The van der Waals surface area contributed by atoms with Gasteiger partial charge in [-0.3, -0.25) is 14.4 Å². The van der Waals surface area contributed by atoms with E-state index in [9.17, 15) is 13.6 Å². The number of benzene rings is 2. The number of halogens is 3. The number of ketones is 1. The quantitative estimate of drug-likeness (QED) is 0.224. The van der Waals surface area contributed by atoms with Gasteiger partial charge in [-0.25, -0.2) is 13.5 Å². The fourth-order valence-electron chi connectivity index (χ4n) is 5.86. The maximum Gasteiger partial charge on any atom is 0.159 e. The first-order chi connectivity index (χ1) is 19.8. The lowest BCUT2D eigenvalue weighted by molar-refractivity contribution is -0.119. The molecule has 1 unspecified atom stereocenters. The van der Waals surface area contributed by atoms with Gasteiger partial charge in [-0.15, -0.1) is 11.6 Å². The number of carbonyl (C=O) groups is 1. The van der Waals surface area contributed by atoms with Crippen LogP contribution in [0.3, 0.4) is 0 Å². The van der Waals surface area contributed by atoms with E-state index in [4.69, 9.17) is 21.4 Å². The number of hydrogen-bond donors (Lipinski definition) is 0. The molecule has 5 rings (SSSR count). The molecule has 1 saturated heterocycles. The molecule has 0 N–H and O–H groups in total. The first kappa shape index (κ1) is 29.1. The highest BCUT2D eigenvalue weighted by molar-refractivity contribution is 6.18. The zero-order valence-corrected chi connectivity index (χ0v) is 24.2. The summed E-state index contributed by atoms with van der Waals surface area (Å²) in [7, 11) is 3.48. The maximum absolute atomic E-state index is 14.2. The number of aromatic nitrogens is 4. The number of likely N-dealkylation sites (tertiary alicyclic amines) is 1. The van der Waals surface area contributed by atoms with Gasteiger partial charge in [0.15, 0.2) is 11.6 Å². The van der Waals surface area contributed by atoms with Crippen LogP contribution < -0.4 is 0 Å². The molecule has 10 heteroatoms. The highest BCUT2D eigenvalue weighted by atomic mass is 35.5. The third kappa shape index (κ3) is 6.27. The Balaban J connectivity index is 1.44. The second-order valence-electron chi connectivity index (χ2n) is 10.7. The van der Waals surface area contributed by atoms with Crippen LogP contribution in [-0.4, -0.2) is 69.0 Å². The number of para-hydroxylation sites is 1. The Kier molecular flexibility index (Phi) is 8.97. The first-order valence-corrected chi connectivity index (χ1v) is 14.2. The van der Waals surface area contributed by atoms with Gasteiger partial charge >= 0.3 is 0 Å². The molecule has 3 atom stereocenters. The molecule has 4 aromatic rings. The summed E-state index contributed by atoms with van der Waals surface area (Å²) in [5.41, 5.74) is 4.94. The van der Waals surface area contributed by atoms with Crippen LogP contribution >= 0.6 is 11.6 Å². The second kappa shape index (κ2) is 12.6. The molecule has 41 heavy (non-hydrogen) atoms. The minimum Gasteiger partial charge on any atom is -0.383 e. The summed E-state index contributed by atoms with van der Waals surface area (Å²) in [4.78, 5) is 16.0. The van der Waals surface area contributed by atoms with Crippen molar-refractivity contribution in [1.29, 1.82) is 0 Å². The van der Waals surface area contributed by atoms with Crippen molar-refractivity contribution in [2.45, 2.75) is 31.7 Å². The number of methoxy groups -OCH3 is 1. The molecular formula is C31H34ClF2N5O2. The van der Waals surface area contributed by atoms with Crippen molar-refractivity contribution in [3.8, 4) is 16.9 Å². The molecule has 0 aliphatic carbocycles. The predicted molar refractivity (Wildman–Crippen MR) is 154 cm³/mol. The number of nitrogens with zero attached hydrogens (tertiary/aromatic N) is 5. The van der Waals surface area contributed by atoms with E-state index in [1.807, 2.05) is 55.2 Å². The van der Waals surface area contributed by atoms with Crippen molar-refractivity contribution < 1.29 is 18.3 Å². The zero-order chi connectivity index (χ0) is 29.1. The molecule has 7 nitrogen and oxygen atoms in total. The molecule has 1 aliphatic rings. The Morgan fingerprint density at radius 1 is 1.15 bits per heavy atom. The predicted octanol–water partition coefficient (Wildman–Crippen LogP) is 5.33. The highest BCUT2D eigenvalue weighted by Gasteiger charge is 2.38. The lowest BCUT2D eigenvalue weighted by Gasteiger charge is -2.25. The molecule has 0 spiro atoms. The number of alkyl halides is 1. The largest absolute Gasteiger partial charge is 0.383 e.